The van der Waals surface area contributed by atoms with E-state index in [2.05, 4.69) is 23.1 Å². The van der Waals surface area contributed by atoms with Gasteiger partial charge in [0.05, 0.1) is 6.67 Å². The van der Waals surface area contributed by atoms with Crippen molar-refractivity contribution in [1.82, 2.24) is 4.90 Å². The number of fused-ring (bicyclic) bond motifs is 1. The first-order valence-corrected chi connectivity index (χ1v) is 12.9. The summed E-state index contributed by atoms with van der Waals surface area (Å²) < 4.78 is 18.8. The number of phenols is 1. The zero-order valence-electron chi connectivity index (χ0n) is 19.9. The molecule has 182 valence electrons. The van der Waals surface area contributed by atoms with Gasteiger partial charge in [0.1, 0.15) is 17.6 Å². The maximum atomic E-state index is 12.5. The number of nitrogens with zero attached hydrogens (tertiary/aromatic N) is 1. The lowest BCUT2D eigenvalue weighted by Crippen LogP contribution is -2.26. The SMILES string of the molecule is Oc1ccc2c(c1)CCCC(c1ccccc1Cl)=C2c1ccc(O[C@H]2CCN(CCCF)C2)cc1. The van der Waals surface area contributed by atoms with E-state index in [1.54, 1.807) is 6.07 Å². The highest BCUT2D eigenvalue weighted by molar-refractivity contribution is 6.32. The first kappa shape index (κ1) is 23.9. The standard InChI is InChI=1S/C30H31ClFNO2/c31-29-8-2-1-6-27(29)28-7-3-5-22-19-23(34)11-14-26(22)30(28)21-9-12-24(13-10-21)35-25-15-18-33(20-25)17-4-16-32/h1-2,6,8-14,19,25,34H,3-5,7,15-18,20H2/t25-/m0/s1. The minimum Gasteiger partial charge on any atom is -0.508 e. The Labute approximate surface area is 211 Å². The summed E-state index contributed by atoms with van der Waals surface area (Å²) in [4.78, 5) is 2.27. The van der Waals surface area contributed by atoms with E-state index in [4.69, 9.17) is 16.3 Å². The molecule has 0 spiro atoms. The molecule has 1 aliphatic heterocycles. The van der Waals surface area contributed by atoms with Gasteiger partial charge in [0.25, 0.3) is 0 Å². The van der Waals surface area contributed by atoms with Crippen LogP contribution in [0.1, 0.15) is 47.9 Å². The van der Waals surface area contributed by atoms with Crippen LogP contribution in [-0.4, -0.2) is 42.4 Å². The number of aromatic hydroxyl groups is 1. The number of benzene rings is 3. The number of allylic oxidation sites excluding steroid dienone is 1. The Hall–Kier alpha value is -2.82. The lowest BCUT2D eigenvalue weighted by atomic mass is 9.88. The van der Waals surface area contributed by atoms with E-state index < -0.39 is 0 Å². The van der Waals surface area contributed by atoms with E-state index in [0.29, 0.717) is 12.2 Å². The van der Waals surface area contributed by atoms with Gasteiger partial charge in [-0.3, -0.25) is 9.29 Å². The number of rotatable bonds is 7. The fourth-order valence-corrected chi connectivity index (χ4v) is 5.60. The van der Waals surface area contributed by atoms with Crippen molar-refractivity contribution >= 4 is 22.7 Å². The zero-order valence-corrected chi connectivity index (χ0v) is 20.6. The monoisotopic (exact) mass is 491 g/mol. The zero-order chi connectivity index (χ0) is 24.2. The molecule has 3 nitrogen and oxygen atoms in total. The van der Waals surface area contributed by atoms with Crippen molar-refractivity contribution in [2.45, 2.75) is 38.2 Å². The van der Waals surface area contributed by atoms with E-state index in [1.807, 2.05) is 42.5 Å². The van der Waals surface area contributed by atoms with Crippen LogP contribution in [-0.2, 0) is 6.42 Å². The van der Waals surface area contributed by atoms with Crippen LogP contribution in [0.25, 0.3) is 11.1 Å². The third kappa shape index (κ3) is 5.39. The molecule has 0 saturated carbocycles. The number of phenolic OH excluding ortho intramolecular Hbond substituents is 1. The van der Waals surface area contributed by atoms with Gasteiger partial charge >= 0.3 is 0 Å². The normalized spacial score (nSPS) is 18.4. The van der Waals surface area contributed by atoms with Crippen molar-refractivity contribution in [2.24, 2.45) is 0 Å². The number of likely N-dealkylation sites (tertiary alicyclic amines) is 1. The van der Waals surface area contributed by atoms with E-state index in [1.165, 1.54) is 5.57 Å². The van der Waals surface area contributed by atoms with Gasteiger partial charge in [-0.15, -0.1) is 0 Å². The molecule has 1 aliphatic carbocycles. The molecule has 0 amide bonds. The predicted molar refractivity (Wildman–Crippen MR) is 141 cm³/mol. The molecule has 35 heavy (non-hydrogen) atoms. The van der Waals surface area contributed by atoms with Gasteiger partial charge in [0.2, 0.25) is 0 Å². The van der Waals surface area contributed by atoms with Gasteiger partial charge in [-0.1, -0.05) is 48.0 Å². The number of hydrogen-bond acceptors (Lipinski definition) is 3. The molecule has 0 unspecified atom stereocenters. The molecule has 3 aromatic carbocycles. The Kier molecular flexibility index (Phi) is 7.40. The fraction of sp³-hybridized carbons (Fsp3) is 0.333. The quantitative estimate of drug-likeness (QED) is 0.380. The van der Waals surface area contributed by atoms with Crippen LogP contribution in [0.15, 0.2) is 66.7 Å². The number of alkyl halides is 1. The summed E-state index contributed by atoms with van der Waals surface area (Å²) in [6.07, 6.45) is 4.49. The second-order valence-electron chi connectivity index (χ2n) is 9.42. The van der Waals surface area contributed by atoms with Gasteiger partial charge < -0.3 is 9.84 Å². The van der Waals surface area contributed by atoms with Crippen LogP contribution in [0.3, 0.4) is 0 Å². The molecule has 1 saturated heterocycles. The molecule has 5 heteroatoms. The van der Waals surface area contributed by atoms with Gasteiger partial charge in [-0.25, -0.2) is 0 Å². The Morgan fingerprint density at radius 2 is 1.83 bits per heavy atom. The average molecular weight is 492 g/mol. The maximum Gasteiger partial charge on any atom is 0.119 e. The summed E-state index contributed by atoms with van der Waals surface area (Å²) in [5.41, 5.74) is 6.86. The largest absolute Gasteiger partial charge is 0.508 e. The third-order valence-corrected chi connectivity index (χ3v) is 7.34. The first-order valence-electron chi connectivity index (χ1n) is 12.5. The molecule has 5 rings (SSSR count). The molecular formula is C30H31ClFNO2. The van der Waals surface area contributed by atoms with Crippen LogP contribution in [0, 0.1) is 0 Å². The smallest absolute Gasteiger partial charge is 0.119 e. The summed E-state index contributed by atoms with van der Waals surface area (Å²) >= 11 is 6.66. The van der Waals surface area contributed by atoms with Crippen molar-refractivity contribution in [2.75, 3.05) is 26.3 Å². The Morgan fingerprint density at radius 3 is 2.63 bits per heavy atom. The third-order valence-electron chi connectivity index (χ3n) is 7.01. The average Bonchev–Trinajstić information content (AvgIpc) is 3.22. The van der Waals surface area contributed by atoms with E-state index in [9.17, 15) is 9.50 Å². The molecule has 1 N–H and O–H groups in total. The molecule has 1 atom stereocenters. The highest BCUT2D eigenvalue weighted by Gasteiger charge is 2.24. The van der Waals surface area contributed by atoms with Crippen molar-refractivity contribution in [3.63, 3.8) is 0 Å². The number of hydrogen-bond donors (Lipinski definition) is 1. The lowest BCUT2D eigenvalue weighted by Gasteiger charge is -2.19. The van der Waals surface area contributed by atoms with Gasteiger partial charge in [0.15, 0.2) is 0 Å². The molecule has 0 radical (unpaired) electrons. The first-order chi connectivity index (χ1) is 17.1. The molecule has 0 bridgehead atoms. The molecule has 1 heterocycles. The summed E-state index contributed by atoms with van der Waals surface area (Å²) in [5, 5.41) is 10.9. The van der Waals surface area contributed by atoms with Crippen molar-refractivity contribution in [3.8, 4) is 11.5 Å². The topological polar surface area (TPSA) is 32.7 Å². The Morgan fingerprint density at radius 1 is 1.00 bits per heavy atom. The van der Waals surface area contributed by atoms with E-state index in [0.717, 1.165) is 83.9 Å². The van der Waals surface area contributed by atoms with E-state index >= 15 is 0 Å². The van der Waals surface area contributed by atoms with Gasteiger partial charge in [-0.05, 0) is 95.8 Å². The Balaban J connectivity index is 1.47. The highest BCUT2D eigenvalue weighted by Crippen LogP contribution is 2.42. The molecular weight excluding hydrogens is 461 g/mol. The second-order valence-corrected chi connectivity index (χ2v) is 9.83. The summed E-state index contributed by atoms with van der Waals surface area (Å²) in [5.74, 6) is 1.15. The van der Waals surface area contributed by atoms with Gasteiger partial charge in [0, 0.05) is 24.7 Å². The van der Waals surface area contributed by atoms with Crippen molar-refractivity contribution < 1.29 is 14.2 Å². The second kappa shape index (κ2) is 10.8. The predicted octanol–water partition coefficient (Wildman–Crippen LogP) is 7.15. The molecule has 0 aromatic heterocycles. The molecule has 1 fully saturated rings. The molecule has 3 aromatic rings. The minimum atomic E-state index is -0.266. The number of halogens is 2. The number of aryl methyl sites for hydroxylation is 1. The maximum absolute atomic E-state index is 12.5. The van der Waals surface area contributed by atoms with Crippen LogP contribution in [0.5, 0.6) is 11.5 Å². The van der Waals surface area contributed by atoms with Crippen LogP contribution in [0.2, 0.25) is 5.02 Å². The lowest BCUT2D eigenvalue weighted by molar-refractivity contribution is 0.198. The Bertz CT molecular complexity index is 1210. The summed E-state index contributed by atoms with van der Waals surface area (Å²) in [7, 11) is 0. The van der Waals surface area contributed by atoms with E-state index in [-0.39, 0.29) is 12.8 Å². The highest BCUT2D eigenvalue weighted by atomic mass is 35.5. The minimum absolute atomic E-state index is 0.139. The molecule has 2 aliphatic rings. The van der Waals surface area contributed by atoms with Crippen LogP contribution in [0.4, 0.5) is 4.39 Å². The van der Waals surface area contributed by atoms with Crippen molar-refractivity contribution in [3.05, 3.63) is 94.0 Å². The van der Waals surface area contributed by atoms with Gasteiger partial charge in [-0.2, -0.15) is 0 Å². The van der Waals surface area contributed by atoms with Crippen LogP contribution < -0.4 is 4.74 Å². The van der Waals surface area contributed by atoms with Crippen LogP contribution >= 0.6 is 11.6 Å². The summed E-state index contributed by atoms with van der Waals surface area (Å²) in [6.45, 7) is 2.34. The fourth-order valence-electron chi connectivity index (χ4n) is 5.35. The van der Waals surface area contributed by atoms with Crippen molar-refractivity contribution in [1.29, 1.82) is 0 Å². The summed E-state index contributed by atoms with van der Waals surface area (Å²) in [6, 6.07) is 22.0. The number of ether oxygens (including phenoxy) is 1.